The Morgan fingerprint density at radius 3 is 2.15 bits per heavy atom. The fourth-order valence-corrected chi connectivity index (χ4v) is 2.22. The van der Waals surface area contributed by atoms with E-state index in [1.807, 2.05) is 0 Å². The van der Waals surface area contributed by atoms with Crippen molar-refractivity contribution in [3.05, 3.63) is 58.4 Å². The van der Waals surface area contributed by atoms with E-state index in [1.165, 1.54) is 26.4 Å². The van der Waals surface area contributed by atoms with Crippen LogP contribution in [0.15, 0.2) is 36.4 Å². The summed E-state index contributed by atoms with van der Waals surface area (Å²) in [6, 6.07) is 9.53. The maximum atomic E-state index is 14.0. The lowest BCUT2D eigenvalue weighted by atomic mass is 9.99. The van der Waals surface area contributed by atoms with Gasteiger partial charge in [0.05, 0.1) is 24.8 Å². The number of hydrogen-bond acceptors (Lipinski definition) is 3. The zero-order valence-corrected chi connectivity index (χ0v) is 11.8. The van der Waals surface area contributed by atoms with Crippen molar-refractivity contribution in [2.75, 3.05) is 14.2 Å². The molecule has 0 saturated heterocycles. The van der Waals surface area contributed by atoms with Gasteiger partial charge >= 0.3 is 0 Å². The van der Waals surface area contributed by atoms with Gasteiger partial charge in [-0.1, -0.05) is 29.8 Å². The van der Waals surface area contributed by atoms with Crippen molar-refractivity contribution >= 4 is 11.6 Å². The molecule has 3 nitrogen and oxygen atoms in total. The smallest absolute Gasteiger partial charge is 0.147 e. The summed E-state index contributed by atoms with van der Waals surface area (Å²) in [5.41, 5.74) is 0.430. The third kappa shape index (κ3) is 2.57. The van der Waals surface area contributed by atoms with Crippen LogP contribution in [0.3, 0.4) is 0 Å². The van der Waals surface area contributed by atoms with Crippen molar-refractivity contribution in [1.29, 1.82) is 0 Å². The first-order valence-corrected chi connectivity index (χ1v) is 6.30. The second kappa shape index (κ2) is 6.11. The fraction of sp³-hybridized carbons (Fsp3) is 0.200. The highest BCUT2D eigenvalue weighted by Gasteiger charge is 2.23. The summed E-state index contributed by atoms with van der Waals surface area (Å²) in [5.74, 6) is 0.169. The number of aliphatic hydroxyl groups is 1. The lowest BCUT2D eigenvalue weighted by Gasteiger charge is -2.19. The molecule has 20 heavy (non-hydrogen) atoms. The van der Waals surface area contributed by atoms with Crippen LogP contribution in [0, 0.1) is 5.82 Å². The van der Waals surface area contributed by atoms with E-state index in [1.54, 1.807) is 24.3 Å². The lowest BCUT2D eigenvalue weighted by molar-refractivity contribution is 0.204. The molecule has 0 saturated carbocycles. The molecular weight excluding hydrogens is 283 g/mol. The van der Waals surface area contributed by atoms with Gasteiger partial charge in [0.15, 0.2) is 0 Å². The number of halogens is 2. The number of rotatable bonds is 4. The molecule has 0 aliphatic rings. The van der Waals surface area contributed by atoms with Crippen LogP contribution in [-0.2, 0) is 0 Å². The molecule has 0 heterocycles. The Bertz CT molecular complexity index is 594. The quantitative estimate of drug-likeness (QED) is 0.937. The average molecular weight is 297 g/mol. The van der Waals surface area contributed by atoms with Gasteiger partial charge in [-0.2, -0.15) is 0 Å². The third-order valence-electron chi connectivity index (χ3n) is 3.02. The van der Waals surface area contributed by atoms with Gasteiger partial charge in [-0.3, -0.25) is 0 Å². The molecule has 0 aliphatic heterocycles. The van der Waals surface area contributed by atoms with Crippen molar-refractivity contribution in [2.45, 2.75) is 6.10 Å². The molecule has 0 aromatic heterocycles. The molecule has 2 aromatic rings. The highest BCUT2D eigenvalue weighted by Crippen LogP contribution is 2.38. The molecule has 2 aromatic carbocycles. The molecule has 1 atom stereocenters. The van der Waals surface area contributed by atoms with Crippen LogP contribution in [-0.4, -0.2) is 19.3 Å². The number of methoxy groups -OCH3 is 2. The van der Waals surface area contributed by atoms with E-state index in [2.05, 4.69) is 0 Å². The Morgan fingerprint density at radius 1 is 1.05 bits per heavy atom. The number of ether oxygens (including phenoxy) is 2. The predicted octanol–water partition coefficient (Wildman–Crippen LogP) is 3.58. The minimum Gasteiger partial charge on any atom is -0.496 e. The molecule has 106 valence electrons. The minimum absolute atomic E-state index is 0.0459. The lowest BCUT2D eigenvalue weighted by Crippen LogP contribution is -2.07. The average Bonchev–Trinajstić information content (AvgIpc) is 2.48. The highest BCUT2D eigenvalue weighted by atomic mass is 35.5. The molecule has 0 bridgehead atoms. The monoisotopic (exact) mass is 296 g/mol. The minimum atomic E-state index is -1.24. The standard InChI is InChI=1S/C15H14ClFO3/c1-19-11-7-4-8-12(20-2)13(11)15(18)9-5-3-6-10(16)14(9)17/h3-8,15,18H,1-2H3. The van der Waals surface area contributed by atoms with Crippen LogP contribution < -0.4 is 9.47 Å². The van der Waals surface area contributed by atoms with E-state index < -0.39 is 11.9 Å². The summed E-state index contributed by atoms with van der Waals surface area (Å²) >= 11 is 5.74. The second-order valence-corrected chi connectivity index (χ2v) is 4.53. The summed E-state index contributed by atoms with van der Waals surface area (Å²) in [6.45, 7) is 0. The highest BCUT2D eigenvalue weighted by molar-refractivity contribution is 6.30. The Kier molecular flexibility index (Phi) is 4.47. The van der Waals surface area contributed by atoms with Crippen molar-refractivity contribution in [3.63, 3.8) is 0 Å². The number of hydrogen-bond donors (Lipinski definition) is 1. The maximum absolute atomic E-state index is 14.0. The van der Waals surface area contributed by atoms with Gasteiger partial charge in [0.1, 0.15) is 23.4 Å². The van der Waals surface area contributed by atoms with E-state index in [0.29, 0.717) is 17.1 Å². The van der Waals surface area contributed by atoms with Crippen LogP contribution in [0.25, 0.3) is 0 Å². The first-order valence-electron chi connectivity index (χ1n) is 5.93. The van der Waals surface area contributed by atoms with E-state index in [4.69, 9.17) is 21.1 Å². The van der Waals surface area contributed by atoms with Crippen LogP contribution in [0.4, 0.5) is 4.39 Å². The molecule has 5 heteroatoms. The summed E-state index contributed by atoms with van der Waals surface area (Å²) < 4.78 is 24.4. The Balaban J connectivity index is 2.58. The molecule has 0 radical (unpaired) electrons. The van der Waals surface area contributed by atoms with Crippen LogP contribution in [0.5, 0.6) is 11.5 Å². The number of aliphatic hydroxyl groups excluding tert-OH is 1. The normalized spacial score (nSPS) is 12.1. The molecule has 2 rings (SSSR count). The van der Waals surface area contributed by atoms with Crippen molar-refractivity contribution in [1.82, 2.24) is 0 Å². The summed E-state index contributed by atoms with van der Waals surface area (Å²) in [6.07, 6.45) is -1.24. The second-order valence-electron chi connectivity index (χ2n) is 4.12. The van der Waals surface area contributed by atoms with Gasteiger partial charge in [-0.15, -0.1) is 0 Å². The molecular formula is C15H14ClFO3. The van der Waals surface area contributed by atoms with Crippen molar-refractivity contribution in [2.24, 2.45) is 0 Å². The predicted molar refractivity (Wildman–Crippen MR) is 75.0 cm³/mol. The first kappa shape index (κ1) is 14.6. The summed E-state index contributed by atoms with van der Waals surface area (Å²) in [4.78, 5) is 0. The molecule has 1 N–H and O–H groups in total. The van der Waals surface area contributed by atoms with Gasteiger partial charge in [-0.05, 0) is 18.2 Å². The van der Waals surface area contributed by atoms with Crippen molar-refractivity contribution in [3.8, 4) is 11.5 Å². The van der Waals surface area contributed by atoms with Gasteiger partial charge in [-0.25, -0.2) is 4.39 Å². The fourth-order valence-electron chi connectivity index (χ4n) is 2.04. The molecule has 0 amide bonds. The number of benzene rings is 2. The topological polar surface area (TPSA) is 38.7 Å². The maximum Gasteiger partial charge on any atom is 0.147 e. The first-order chi connectivity index (χ1) is 9.60. The van der Waals surface area contributed by atoms with E-state index in [-0.39, 0.29) is 10.6 Å². The van der Waals surface area contributed by atoms with Crippen LogP contribution in [0.2, 0.25) is 5.02 Å². The zero-order valence-electron chi connectivity index (χ0n) is 11.1. The van der Waals surface area contributed by atoms with Crippen molar-refractivity contribution < 1.29 is 19.0 Å². The Labute approximate surface area is 121 Å². The Hall–Kier alpha value is -1.78. The zero-order chi connectivity index (χ0) is 14.7. The molecule has 1 unspecified atom stereocenters. The van der Waals surface area contributed by atoms with Gasteiger partial charge < -0.3 is 14.6 Å². The Morgan fingerprint density at radius 2 is 1.60 bits per heavy atom. The molecule has 0 fully saturated rings. The van der Waals surface area contributed by atoms with Crippen LogP contribution in [0.1, 0.15) is 17.2 Å². The van der Waals surface area contributed by atoms with E-state index in [0.717, 1.165) is 0 Å². The van der Waals surface area contributed by atoms with Gasteiger partial charge in [0.25, 0.3) is 0 Å². The largest absolute Gasteiger partial charge is 0.496 e. The van der Waals surface area contributed by atoms with Gasteiger partial charge in [0, 0.05) is 5.56 Å². The van der Waals surface area contributed by atoms with Crippen LogP contribution >= 0.6 is 11.6 Å². The summed E-state index contributed by atoms with van der Waals surface area (Å²) in [5, 5.41) is 10.4. The van der Waals surface area contributed by atoms with Gasteiger partial charge in [0.2, 0.25) is 0 Å². The summed E-state index contributed by atoms with van der Waals surface area (Å²) in [7, 11) is 2.94. The SMILES string of the molecule is COc1cccc(OC)c1C(O)c1cccc(Cl)c1F. The molecule has 0 aliphatic carbocycles. The van der Waals surface area contributed by atoms with E-state index in [9.17, 15) is 9.50 Å². The van der Waals surface area contributed by atoms with E-state index >= 15 is 0 Å². The molecule has 0 spiro atoms. The third-order valence-corrected chi connectivity index (χ3v) is 3.31.